The third kappa shape index (κ3) is 10.6. The Morgan fingerprint density at radius 2 is 1.59 bits per heavy atom. The predicted octanol–water partition coefficient (Wildman–Crippen LogP) is 9.79. The summed E-state index contributed by atoms with van der Waals surface area (Å²) in [6.45, 7) is 6.19. The number of alkyl halides is 1. The smallest absolute Gasteiger partial charge is 0.340 e. The van der Waals surface area contributed by atoms with Gasteiger partial charge in [-0.3, -0.25) is 0 Å². The number of esters is 1. The number of hydrogen-bond donors (Lipinski definition) is 0. The Hall–Kier alpha value is -2.43. The highest BCUT2D eigenvalue weighted by Gasteiger charge is 2.27. The molecule has 1 fully saturated rings. The van der Waals surface area contributed by atoms with Gasteiger partial charge in [0.25, 0.3) is 0 Å². The van der Waals surface area contributed by atoms with Crippen molar-refractivity contribution in [2.24, 2.45) is 5.92 Å². The second kappa shape index (κ2) is 16.6. The van der Waals surface area contributed by atoms with E-state index < -0.39 is 12.1 Å². The molecule has 2 aromatic carbocycles. The number of aryl methyl sites for hydroxylation is 1. The molecule has 1 saturated carbocycles. The quantitative estimate of drug-likeness (QED) is 0.156. The first-order valence-corrected chi connectivity index (χ1v) is 15.3. The number of unbranched alkanes of at least 4 members (excludes halogenated alkanes) is 4. The minimum atomic E-state index is -1.48. The van der Waals surface area contributed by atoms with Gasteiger partial charge in [0.05, 0.1) is 6.10 Å². The van der Waals surface area contributed by atoms with Crippen LogP contribution in [0.15, 0.2) is 42.5 Å². The van der Waals surface area contributed by atoms with Gasteiger partial charge in [-0.1, -0.05) is 76.3 Å². The van der Waals surface area contributed by atoms with Crippen molar-refractivity contribution in [2.45, 2.75) is 129 Å². The van der Waals surface area contributed by atoms with Crippen molar-refractivity contribution in [3.8, 4) is 16.9 Å². The number of carbonyl (C=O) groups excluding carboxylic acids is 1. The molecule has 216 valence electrons. The molecule has 0 spiro atoms. The molecular weight excluding hydrogens is 494 g/mol. The lowest BCUT2D eigenvalue weighted by atomic mass is 9.83. The third-order valence-corrected chi connectivity index (χ3v) is 8.00. The molecule has 0 heterocycles. The second-order valence-electron chi connectivity index (χ2n) is 11.3. The van der Waals surface area contributed by atoms with Gasteiger partial charge in [0.15, 0.2) is 17.7 Å². The van der Waals surface area contributed by atoms with Crippen LogP contribution in [0.4, 0.5) is 8.78 Å². The van der Waals surface area contributed by atoms with Gasteiger partial charge in [0, 0.05) is 0 Å². The highest BCUT2D eigenvalue weighted by Crippen LogP contribution is 2.31. The fourth-order valence-corrected chi connectivity index (χ4v) is 5.42. The SMILES string of the molecule is CCCCCC[C@H](C)Oc1ccc(-c2ccc(CC[C@H]3CC[C@H](OC(=O)[C@@H](F)CCCC)CC3)cc2)cc1F. The van der Waals surface area contributed by atoms with Crippen molar-refractivity contribution in [2.75, 3.05) is 0 Å². The molecule has 0 unspecified atom stereocenters. The van der Waals surface area contributed by atoms with Crippen LogP contribution in [0, 0.1) is 11.7 Å². The maximum Gasteiger partial charge on any atom is 0.340 e. The fourth-order valence-electron chi connectivity index (χ4n) is 5.42. The topological polar surface area (TPSA) is 35.5 Å². The van der Waals surface area contributed by atoms with Crippen molar-refractivity contribution < 1.29 is 23.0 Å². The van der Waals surface area contributed by atoms with Crippen molar-refractivity contribution in [3.63, 3.8) is 0 Å². The number of halogens is 2. The zero-order chi connectivity index (χ0) is 28.0. The van der Waals surface area contributed by atoms with Crippen LogP contribution in [0.1, 0.15) is 110 Å². The molecule has 0 aromatic heterocycles. The lowest BCUT2D eigenvalue weighted by Crippen LogP contribution is -2.29. The summed E-state index contributed by atoms with van der Waals surface area (Å²) in [7, 11) is 0. The summed E-state index contributed by atoms with van der Waals surface area (Å²) in [5.74, 6) is -0.0805. The van der Waals surface area contributed by atoms with Crippen LogP contribution in [0.2, 0.25) is 0 Å². The molecule has 2 aromatic rings. The molecule has 0 bridgehead atoms. The minimum Gasteiger partial charge on any atom is -0.488 e. The van der Waals surface area contributed by atoms with Gasteiger partial charge in [0.2, 0.25) is 0 Å². The van der Waals surface area contributed by atoms with Gasteiger partial charge in [0.1, 0.15) is 6.10 Å². The molecule has 0 aliphatic heterocycles. The number of rotatable bonds is 16. The highest BCUT2D eigenvalue weighted by atomic mass is 19.1. The summed E-state index contributed by atoms with van der Waals surface area (Å²) in [5, 5.41) is 0. The fraction of sp³-hybridized carbons (Fsp3) is 0.618. The number of hydrogen-bond acceptors (Lipinski definition) is 3. The number of carbonyl (C=O) groups is 1. The van der Waals surface area contributed by atoms with Gasteiger partial charge >= 0.3 is 5.97 Å². The Balaban J connectivity index is 1.41. The Labute approximate surface area is 234 Å². The molecular formula is C34H48F2O3. The van der Waals surface area contributed by atoms with E-state index in [9.17, 15) is 13.6 Å². The first kappa shape index (κ1) is 31.1. The second-order valence-corrected chi connectivity index (χ2v) is 11.3. The largest absolute Gasteiger partial charge is 0.488 e. The predicted molar refractivity (Wildman–Crippen MR) is 155 cm³/mol. The summed E-state index contributed by atoms with van der Waals surface area (Å²) >= 11 is 0. The summed E-state index contributed by atoms with van der Waals surface area (Å²) < 4.78 is 39.9. The number of benzene rings is 2. The lowest BCUT2D eigenvalue weighted by Gasteiger charge is -2.28. The maximum absolute atomic E-state index is 14.8. The summed E-state index contributed by atoms with van der Waals surface area (Å²) in [4.78, 5) is 11.9. The zero-order valence-corrected chi connectivity index (χ0v) is 24.2. The van der Waals surface area contributed by atoms with Gasteiger partial charge in [-0.2, -0.15) is 0 Å². The molecule has 0 saturated heterocycles. The normalized spacial score (nSPS) is 18.9. The maximum atomic E-state index is 14.8. The highest BCUT2D eigenvalue weighted by molar-refractivity contribution is 5.74. The van der Waals surface area contributed by atoms with Crippen LogP contribution in [0.5, 0.6) is 5.75 Å². The molecule has 3 rings (SSSR count). The number of ether oxygens (including phenoxy) is 2. The van der Waals surface area contributed by atoms with Crippen LogP contribution in [0.25, 0.3) is 11.1 Å². The monoisotopic (exact) mass is 542 g/mol. The Morgan fingerprint density at radius 1 is 0.897 bits per heavy atom. The Morgan fingerprint density at radius 3 is 2.26 bits per heavy atom. The van der Waals surface area contributed by atoms with Crippen LogP contribution in [-0.4, -0.2) is 24.3 Å². The van der Waals surface area contributed by atoms with E-state index in [2.05, 4.69) is 31.2 Å². The van der Waals surface area contributed by atoms with E-state index >= 15 is 0 Å². The standard InChI is InChI=1S/C34H48F2O3/c1-4-6-8-9-10-25(3)38-33-23-20-29(24-32(33)36)28-18-14-26(15-19-28)12-13-27-16-21-30(22-17-27)39-34(37)31(35)11-7-5-2/h14-15,18-20,23-25,27,30-31H,4-13,16-17,21-22H2,1-3H3/t25-,27-,30-,31-/m0/s1. The van der Waals surface area contributed by atoms with Crippen molar-refractivity contribution in [1.82, 2.24) is 0 Å². The van der Waals surface area contributed by atoms with Crippen molar-refractivity contribution in [1.29, 1.82) is 0 Å². The van der Waals surface area contributed by atoms with Crippen molar-refractivity contribution >= 4 is 5.97 Å². The summed E-state index contributed by atoms with van der Waals surface area (Å²) in [6, 6.07) is 13.6. The lowest BCUT2D eigenvalue weighted by molar-refractivity contribution is -0.157. The molecule has 1 aliphatic rings. The van der Waals surface area contributed by atoms with Crippen LogP contribution >= 0.6 is 0 Å². The average Bonchev–Trinajstić information content (AvgIpc) is 2.95. The van der Waals surface area contributed by atoms with Crippen LogP contribution in [-0.2, 0) is 16.0 Å². The van der Waals surface area contributed by atoms with E-state index in [4.69, 9.17) is 9.47 Å². The third-order valence-electron chi connectivity index (χ3n) is 8.00. The van der Waals surface area contributed by atoms with Gasteiger partial charge in [-0.15, -0.1) is 0 Å². The van der Waals surface area contributed by atoms with Gasteiger partial charge < -0.3 is 9.47 Å². The average molecular weight is 543 g/mol. The van der Waals surface area contributed by atoms with E-state index in [0.717, 1.165) is 68.9 Å². The molecule has 3 nitrogen and oxygen atoms in total. The summed E-state index contributed by atoms with van der Waals surface area (Å²) in [6.07, 6.45) is 11.6. The molecule has 0 N–H and O–H groups in total. The molecule has 5 heteroatoms. The van der Waals surface area contributed by atoms with E-state index in [1.54, 1.807) is 12.1 Å². The van der Waals surface area contributed by atoms with E-state index in [1.165, 1.54) is 24.8 Å². The first-order chi connectivity index (χ1) is 18.9. The van der Waals surface area contributed by atoms with Crippen molar-refractivity contribution in [3.05, 3.63) is 53.8 Å². The molecule has 0 amide bonds. The van der Waals surface area contributed by atoms with E-state index in [0.29, 0.717) is 18.1 Å². The van der Waals surface area contributed by atoms with Gasteiger partial charge in [-0.05, 0) is 99.5 Å². The minimum absolute atomic E-state index is 0.00426. The molecule has 2 atom stereocenters. The van der Waals surface area contributed by atoms with Crippen LogP contribution in [0.3, 0.4) is 0 Å². The first-order valence-electron chi connectivity index (χ1n) is 15.3. The molecule has 39 heavy (non-hydrogen) atoms. The van der Waals surface area contributed by atoms with Gasteiger partial charge in [-0.25, -0.2) is 13.6 Å². The zero-order valence-electron chi connectivity index (χ0n) is 24.2. The molecule has 0 radical (unpaired) electrons. The Bertz CT molecular complexity index is 982. The van der Waals surface area contributed by atoms with Crippen LogP contribution < -0.4 is 4.74 Å². The van der Waals surface area contributed by atoms with E-state index in [-0.39, 0.29) is 24.4 Å². The molecule has 1 aliphatic carbocycles. The summed E-state index contributed by atoms with van der Waals surface area (Å²) in [5.41, 5.74) is 3.10. The van der Waals surface area contributed by atoms with E-state index in [1.807, 2.05) is 19.9 Å². The Kier molecular flexibility index (Phi) is 13.3.